The number of halogens is 2. The van der Waals surface area contributed by atoms with E-state index in [0.29, 0.717) is 30.0 Å². The number of likely N-dealkylation sites (N-methyl/N-ethyl adjacent to an activating group) is 1. The lowest BCUT2D eigenvalue weighted by Gasteiger charge is -2.36. The van der Waals surface area contributed by atoms with Crippen LogP contribution in [0.15, 0.2) is 76.9 Å². The number of rotatable bonds is 3. The van der Waals surface area contributed by atoms with E-state index in [1.54, 1.807) is 42.5 Å². The lowest BCUT2D eigenvalue weighted by atomic mass is 9.80. The maximum absolute atomic E-state index is 14.7. The molecule has 2 aromatic rings. The van der Waals surface area contributed by atoms with Gasteiger partial charge in [0.05, 0.1) is 12.5 Å². The first kappa shape index (κ1) is 19.9. The van der Waals surface area contributed by atoms with Gasteiger partial charge in [0.15, 0.2) is 0 Å². The summed E-state index contributed by atoms with van der Waals surface area (Å²) in [5.41, 5.74) is 8.68. The fourth-order valence-corrected chi connectivity index (χ4v) is 4.13. The molecular formula is C24H22F2N3O+. The van der Waals surface area contributed by atoms with E-state index in [1.165, 1.54) is 17.0 Å². The van der Waals surface area contributed by atoms with Gasteiger partial charge in [0.1, 0.15) is 42.1 Å². The van der Waals surface area contributed by atoms with Crippen molar-refractivity contribution >= 4 is 6.08 Å². The van der Waals surface area contributed by atoms with Crippen LogP contribution in [0.4, 0.5) is 8.78 Å². The largest absolute Gasteiger partial charge is 0.440 e. The zero-order valence-electron chi connectivity index (χ0n) is 16.6. The molecule has 0 bridgehead atoms. The molecule has 6 heteroatoms. The van der Waals surface area contributed by atoms with Gasteiger partial charge < -0.3 is 15.4 Å². The molecule has 0 saturated carbocycles. The van der Waals surface area contributed by atoms with E-state index in [1.807, 2.05) is 0 Å². The van der Waals surface area contributed by atoms with Crippen LogP contribution in [0, 0.1) is 23.0 Å². The van der Waals surface area contributed by atoms with Gasteiger partial charge in [0.2, 0.25) is 5.88 Å². The number of ether oxygens (including phenoxy) is 1. The highest BCUT2D eigenvalue weighted by molar-refractivity contribution is 5.62. The fraction of sp³-hybridized carbons (Fsp3) is 0.208. The fourth-order valence-electron chi connectivity index (χ4n) is 4.13. The van der Waals surface area contributed by atoms with Crippen LogP contribution in [0.3, 0.4) is 0 Å². The molecule has 2 aromatic carbocycles. The van der Waals surface area contributed by atoms with E-state index < -0.39 is 11.7 Å². The number of nitrogens with two attached hydrogens (primary N) is 1. The topological polar surface area (TPSA) is 63.5 Å². The van der Waals surface area contributed by atoms with Crippen molar-refractivity contribution in [3.05, 3.63) is 99.7 Å². The van der Waals surface area contributed by atoms with Crippen molar-refractivity contribution in [3.8, 4) is 6.07 Å². The normalized spacial score (nSPS) is 22.5. The molecule has 0 amide bonds. The first-order valence-corrected chi connectivity index (χ1v) is 9.87. The smallest absolute Gasteiger partial charge is 0.205 e. The van der Waals surface area contributed by atoms with Crippen LogP contribution in [0.25, 0.3) is 6.08 Å². The van der Waals surface area contributed by atoms with Crippen LogP contribution in [0.2, 0.25) is 0 Å². The lowest BCUT2D eigenvalue weighted by Crippen LogP contribution is -3.12. The molecule has 0 saturated heterocycles. The molecule has 4 nitrogen and oxygen atoms in total. The molecule has 0 radical (unpaired) electrons. The molecule has 3 N–H and O–H groups in total. The summed E-state index contributed by atoms with van der Waals surface area (Å²) >= 11 is 0. The summed E-state index contributed by atoms with van der Waals surface area (Å²) in [6.07, 6.45) is 1.75. The Labute approximate surface area is 174 Å². The highest BCUT2D eigenvalue weighted by atomic mass is 19.1. The Morgan fingerprint density at radius 3 is 2.50 bits per heavy atom. The van der Waals surface area contributed by atoms with E-state index in [-0.39, 0.29) is 17.3 Å². The predicted molar refractivity (Wildman–Crippen MR) is 110 cm³/mol. The molecule has 4 rings (SSSR count). The highest BCUT2D eigenvalue weighted by Crippen LogP contribution is 2.42. The number of nitrogens with one attached hydrogen (secondary N) is 1. The van der Waals surface area contributed by atoms with Gasteiger partial charge in [-0.25, -0.2) is 8.78 Å². The average Bonchev–Trinajstić information content (AvgIpc) is 2.75. The number of nitrogens with zero attached hydrogens (tertiary/aromatic N) is 1. The average molecular weight is 406 g/mol. The summed E-state index contributed by atoms with van der Waals surface area (Å²) in [7, 11) is 0. The molecule has 152 valence electrons. The number of benzene rings is 2. The minimum atomic E-state index is -0.633. The third-order valence-electron chi connectivity index (χ3n) is 5.65. The molecular weight excluding hydrogens is 384 g/mol. The molecule has 2 aliphatic heterocycles. The summed E-state index contributed by atoms with van der Waals surface area (Å²) in [5, 5.41) is 9.75. The number of allylic oxidation sites excluding steroid dienone is 1. The zero-order chi connectivity index (χ0) is 21.3. The Balaban J connectivity index is 1.92. The molecule has 0 fully saturated rings. The molecule has 1 unspecified atom stereocenters. The van der Waals surface area contributed by atoms with Gasteiger partial charge in [0.25, 0.3) is 0 Å². The Morgan fingerprint density at radius 2 is 1.83 bits per heavy atom. The number of hydrogen-bond acceptors (Lipinski definition) is 3. The molecule has 2 heterocycles. The van der Waals surface area contributed by atoms with Crippen LogP contribution < -0.4 is 10.6 Å². The van der Waals surface area contributed by atoms with Gasteiger partial charge in [-0.1, -0.05) is 36.4 Å². The molecule has 0 aliphatic carbocycles. The van der Waals surface area contributed by atoms with Crippen LogP contribution in [0.5, 0.6) is 0 Å². The minimum absolute atomic E-state index is 0.0381. The van der Waals surface area contributed by atoms with E-state index in [2.05, 4.69) is 13.0 Å². The monoisotopic (exact) mass is 406 g/mol. The van der Waals surface area contributed by atoms with Gasteiger partial charge >= 0.3 is 0 Å². The summed E-state index contributed by atoms with van der Waals surface area (Å²) in [6, 6.07) is 15.0. The van der Waals surface area contributed by atoms with E-state index in [0.717, 1.165) is 17.7 Å². The lowest BCUT2D eigenvalue weighted by molar-refractivity contribution is -0.890. The van der Waals surface area contributed by atoms with Crippen molar-refractivity contribution in [2.24, 2.45) is 5.73 Å². The van der Waals surface area contributed by atoms with Gasteiger partial charge in [-0.3, -0.25) is 0 Å². The van der Waals surface area contributed by atoms with Crippen molar-refractivity contribution in [3.63, 3.8) is 0 Å². The zero-order valence-corrected chi connectivity index (χ0v) is 16.6. The molecule has 0 spiro atoms. The van der Waals surface area contributed by atoms with Crippen molar-refractivity contribution in [2.45, 2.75) is 12.8 Å². The molecule has 0 aromatic heterocycles. The standard InChI is InChI=1S/C24H21F2N3O/c1-2-29-13-16(11-15-7-3-5-9-20(15)25)23-19(14-29)22(18(12-27)24(28)30-23)17-8-4-6-10-21(17)26/h3-11,22H,2,13-14,28H2,1H3/p+1/b16-11+/t22-/m1/s1. The third-order valence-corrected chi connectivity index (χ3v) is 5.65. The number of quaternary nitrogens is 1. The number of hydrogen-bond donors (Lipinski definition) is 2. The number of nitriles is 1. The Bertz CT molecular complexity index is 1130. The van der Waals surface area contributed by atoms with E-state index in [4.69, 9.17) is 10.5 Å². The first-order valence-electron chi connectivity index (χ1n) is 9.87. The summed E-state index contributed by atoms with van der Waals surface area (Å²) in [5.74, 6) is -0.895. The van der Waals surface area contributed by atoms with Crippen LogP contribution in [0.1, 0.15) is 24.0 Å². The van der Waals surface area contributed by atoms with Crippen molar-refractivity contribution in [2.75, 3.05) is 19.6 Å². The SMILES string of the molecule is CC[NH+]1CC2=C(OC(N)=C(C#N)[C@H]2c2ccccc2F)/C(=C/c2ccccc2F)C1. The van der Waals surface area contributed by atoms with Crippen LogP contribution in [-0.4, -0.2) is 19.6 Å². The molecule has 2 aliphatic rings. The highest BCUT2D eigenvalue weighted by Gasteiger charge is 2.40. The Morgan fingerprint density at radius 1 is 1.13 bits per heavy atom. The van der Waals surface area contributed by atoms with Crippen molar-refractivity contribution in [1.29, 1.82) is 5.26 Å². The second-order valence-electron chi connectivity index (χ2n) is 7.45. The second kappa shape index (κ2) is 8.13. The minimum Gasteiger partial charge on any atom is -0.440 e. The van der Waals surface area contributed by atoms with Gasteiger partial charge in [-0.2, -0.15) is 5.26 Å². The van der Waals surface area contributed by atoms with Crippen molar-refractivity contribution < 1.29 is 18.4 Å². The van der Waals surface area contributed by atoms with Gasteiger partial charge in [-0.15, -0.1) is 0 Å². The van der Waals surface area contributed by atoms with Crippen molar-refractivity contribution in [1.82, 2.24) is 0 Å². The third kappa shape index (κ3) is 3.49. The summed E-state index contributed by atoms with van der Waals surface area (Å²) in [6.45, 7) is 4.07. The molecule has 30 heavy (non-hydrogen) atoms. The summed E-state index contributed by atoms with van der Waals surface area (Å²) in [4.78, 5) is 1.21. The second-order valence-corrected chi connectivity index (χ2v) is 7.45. The van der Waals surface area contributed by atoms with E-state index in [9.17, 15) is 14.0 Å². The maximum atomic E-state index is 14.7. The van der Waals surface area contributed by atoms with Gasteiger partial charge in [0, 0.05) is 22.3 Å². The van der Waals surface area contributed by atoms with Crippen LogP contribution in [-0.2, 0) is 4.74 Å². The van der Waals surface area contributed by atoms with Crippen LogP contribution >= 0.6 is 0 Å². The quantitative estimate of drug-likeness (QED) is 0.824. The predicted octanol–water partition coefficient (Wildman–Crippen LogP) is 3.03. The maximum Gasteiger partial charge on any atom is 0.205 e. The van der Waals surface area contributed by atoms with Gasteiger partial charge in [-0.05, 0) is 25.1 Å². The Hall–Kier alpha value is -3.43. The molecule has 2 atom stereocenters. The Kier molecular flexibility index (Phi) is 5.39. The van der Waals surface area contributed by atoms with E-state index >= 15 is 0 Å². The summed E-state index contributed by atoms with van der Waals surface area (Å²) < 4.78 is 34.9. The first-order chi connectivity index (χ1) is 14.5.